The number of hydrogen-bond acceptors (Lipinski definition) is 3. The maximum atomic E-state index is 12.0. The highest BCUT2D eigenvalue weighted by atomic mass is 127. The molecule has 6 nitrogen and oxygen atoms in total. The zero-order valence-corrected chi connectivity index (χ0v) is 20.9. The topological polar surface area (TPSA) is 66.0 Å². The number of aryl methyl sites for hydroxylation is 1. The molecule has 0 saturated carbocycles. The minimum absolute atomic E-state index is 0. The van der Waals surface area contributed by atoms with Crippen molar-refractivity contribution >= 4 is 35.8 Å². The highest BCUT2D eigenvalue weighted by Crippen LogP contribution is 2.37. The number of halogens is 1. The van der Waals surface area contributed by atoms with Crippen molar-refractivity contribution in [3.63, 3.8) is 0 Å². The highest BCUT2D eigenvalue weighted by molar-refractivity contribution is 14.0. The molecule has 2 fully saturated rings. The summed E-state index contributed by atoms with van der Waals surface area (Å²) in [6.45, 7) is 10.9. The molecule has 0 aromatic heterocycles. The molecule has 2 saturated heterocycles. The number of rotatable bonds is 6. The molecule has 0 radical (unpaired) electrons. The van der Waals surface area contributed by atoms with Crippen LogP contribution in [0.25, 0.3) is 0 Å². The molecule has 0 bridgehead atoms. The number of ether oxygens (including phenoxy) is 1. The molecule has 1 unspecified atom stereocenters. The number of carbonyl (C=O) groups is 1. The van der Waals surface area contributed by atoms with E-state index in [4.69, 9.17) is 9.73 Å². The van der Waals surface area contributed by atoms with Crippen molar-refractivity contribution in [2.75, 3.05) is 39.4 Å². The average molecular weight is 528 g/mol. The Labute approximate surface area is 198 Å². The Morgan fingerprint density at radius 2 is 2.00 bits per heavy atom. The van der Waals surface area contributed by atoms with Crippen molar-refractivity contribution in [3.8, 4) is 0 Å². The van der Waals surface area contributed by atoms with Crippen molar-refractivity contribution < 1.29 is 9.53 Å². The number of amides is 1. The molecule has 2 N–H and O–H groups in total. The van der Waals surface area contributed by atoms with Gasteiger partial charge in [-0.3, -0.25) is 9.79 Å². The molecular weight excluding hydrogens is 491 g/mol. The van der Waals surface area contributed by atoms with Crippen LogP contribution in [0.3, 0.4) is 0 Å². The fraction of sp³-hybridized carbons (Fsp3) is 0.652. The minimum Gasteiger partial charge on any atom is -0.381 e. The van der Waals surface area contributed by atoms with Crippen LogP contribution in [0.5, 0.6) is 0 Å². The lowest BCUT2D eigenvalue weighted by molar-refractivity contribution is -0.129. The van der Waals surface area contributed by atoms with Gasteiger partial charge in [-0.15, -0.1) is 24.0 Å². The van der Waals surface area contributed by atoms with Gasteiger partial charge in [-0.2, -0.15) is 0 Å². The third kappa shape index (κ3) is 6.09. The van der Waals surface area contributed by atoms with Crippen molar-refractivity contribution in [3.05, 3.63) is 35.4 Å². The molecule has 3 rings (SSSR count). The van der Waals surface area contributed by atoms with Gasteiger partial charge < -0.3 is 20.3 Å². The SMILES string of the molecule is CCNC(=NCC1(c2ccccc2C)CCOCC1)NC1CCN(C(=O)CC)C1.I. The number of likely N-dealkylation sites (tertiary alicyclic amines) is 1. The molecule has 0 spiro atoms. The van der Waals surface area contributed by atoms with E-state index >= 15 is 0 Å². The first kappa shape index (κ1) is 24.9. The maximum Gasteiger partial charge on any atom is 0.222 e. The van der Waals surface area contributed by atoms with E-state index in [1.165, 1.54) is 11.1 Å². The lowest BCUT2D eigenvalue weighted by Crippen LogP contribution is -2.46. The van der Waals surface area contributed by atoms with Crippen molar-refractivity contribution in [2.24, 2.45) is 4.99 Å². The van der Waals surface area contributed by atoms with Crippen LogP contribution in [0.4, 0.5) is 0 Å². The summed E-state index contributed by atoms with van der Waals surface area (Å²) in [6.07, 6.45) is 3.51. The van der Waals surface area contributed by atoms with E-state index < -0.39 is 0 Å². The molecule has 0 aliphatic carbocycles. The standard InChI is InChI=1S/C23H36N4O2.HI/c1-4-21(28)27-13-10-19(16-27)26-22(24-5-2)25-17-23(11-14-29-15-12-23)20-9-7-6-8-18(20)3;/h6-9,19H,4-5,10-17H2,1-3H3,(H2,24,25,26);1H. The fourth-order valence-electron chi connectivity index (χ4n) is 4.51. The van der Waals surface area contributed by atoms with Crippen LogP contribution in [0.1, 0.15) is 50.7 Å². The lowest BCUT2D eigenvalue weighted by Gasteiger charge is -2.37. The number of nitrogens with one attached hydrogen (secondary N) is 2. The summed E-state index contributed by atoms with van der Waals surface area (Å²) in [5.74, 6) is 1.08. The second kappa shape index (κ2) is 11.9. The van der Waals surface area contributed by atoms with E-state index in [1.54, 1.807) is 0 Å². The lowest BCUT2D eigenvalue weighted by atomic mass is 9.72. The Hall–Kier alpha value is -1.35. The highest BCUT2D eigenvalue weighted by Gasteiger charge is 2.35. The van der Waals surface area contributed by atoms with Crippen LogP contribution < -0.4 is 10.6 Å². The predicted octanol–water partition coefficient (Wildman–Crippen LogP) is 3.23. The summed E-state index contributed by atoms with van der Waals surface area (Å²) in [5.41, 5.74) is 2.74. The Bertz CT molecular complexity index is 719. The Morgan fingerprint density at radius 3 is 2.67 bits per heavy atom. The average Bonchev–Trinajstić information content (AvgIpc) is 3.21. The zero-order chi connectivity index (χ0) is 20.7. The molecule has 2 aliphatic heterocycles. The second-order valence-electron chi connectivity index (χ2n) is 8.23. The summed E-state index contributed by atoms with van der Waals surface area (Å²) >= 11 is 0. The molecule has 1 aromatic carbocycles. The van der Waals surface area contributed by atoms with Crippen molar-refractivity contribution in [1.29, 1.82) is 0 Å². The third-order valence-corrected chi connectivity index (χ3v) is 6.23. The van der Waals surface area contributed by atoms with Crippen LogP contribution in [0.15, 0.2) is 29.3 Å². The first-order valence-electron chi connectivity index (χ1n) is 11.0. The molecule has 1 aromatic rings. The van der Waals surface area contributed by atoms with Crippen LogP contribution in [-0.2, 0) is 14.9 Å². The summed E-state index contributed by atoms with van der Waals surface area (Å²) in [4.78, 5) is 18.9. The van der Waals surface area contributed by atoms with E-state index in [0.29, 0.717) is 6.42 Å². The van der Waals surface area contributed by atoms with E-state index in [-0.39, 0.29) is 41.3 Å². The van der Waals surface area contributed by atoms with Gasteiger partial charge >= 0.3 is 0 Å². The Balaban J connectivity index is 0.00000320. The normalized spacial score (nSPS) is 21.1. The first-order chi connectivity index (χ1) is 14.1. The van der Waals surface area contributed by atoms with Crippen molar-refractivity contribution in [2.45, 2.75) is 57.9 Å². The molecule has 1 amide bonds. The van der Waals surface area contributed by atoms with Gasteiger partial charge in [-0.05, 0) is 44.2 Å². The largest absolute Gasteiger partial charge is 0.381 e. The van der Waals surface area contributed by atoms with Gasteiger partial charge in [0.1, 0.15) is 0 Å². The van der Waals surface area contributed by atoms with Crippen LogP contribution in [-0.4, -0.2) is 62.2 Å². The van der Waals surface area contributed by atoms with Gasteiger partial charge in [0, 0.05) is 50.7 Å². The number of hydrogen-bond donors (Lipinski definition) is 2. The van der Waals surface area contributed by atoms with Gasteiger partial charge in [-0.25, -0.2) is 0 Å². The summed E-state index contributed by atoms with van der Waals surface area (Å²) < 4.78 is 5.68. The van der Waals surface area contributed by atoms with Gasteiger partial charge in [-0.1, -0.05) is 31.2 Å². The maximum absolute atomic E-state index is 12.0. The summed E-state index contributed by atoms with van der Waals surface area (Å²) in [5, 5.41) is 6.96. The zero-order valence-electron chi connectivity index (χ0n) is 18.6. The summed E-state index contributed by atoms with van der Waals surface area (Å²) in [7, 11) is 0. The second-order valence-corrected chi connectivity index (χ2v) is 8.23. The smallest absolute Gasteiger partial charge is 0.222 e. The number of aliphatic imine (C=N–C) groups is 1. The fourth-order valence-corrected chi connectivity index (χ4v) is 4.51. The van der Waals surface area contributed by atoms with Gasteiger partial charge in [0.05, 0.1) is 6.54 Å². The number of guanidine groups is 1. The first-order valence-corrected chi connectivity index (χ1v) is 11.0. The van der Waals surface area contributed by atoms with Gasteiger partial charge in [0.25, 0.3) is 0 Å². The van der Waals surface area contributed by atoms with Gasteiger partial charge in [0.15, 0.2) is 5.96 Å². The van der Waals surface area contributed by atoms with E-state index in [9.17, 15) is 4.79 Å². The third-order valence-electron chi connectivity index (χ3n) is 6.23. The molecule has 168 valence electrons. The number of nitrogens with zero attached hydrogens (tertiary/aromatic N) is 2. The molecule has 2 aliphatic rings. The molecule has 1 atom stereocenters. The minimum atomic E-state index is 0. The van der Waals surface area contributed by atoms with E-state index in [1.807, 2.05) is 11.8 Å². The molecule has 7 heteroatoms. The molecular formula is C23H37IN4O2. The summed E-state index contributed by atoms with van der Waals surface area (Å²) in [6, 6.07) is 8.93. The number of benzene rings is 1. The van der Waals surface area contributed by atoms with Crippen LogP contribution in [0, 0.1) is 6.92 Å². The molecule has 30 heavy (non-hydrogen) atoms. The van der Waals surface area contributed by atoms with Crippen LogP contribution >= 0.6 is 24.0 Å². The number of carbonyl (C=O) groups excluding carboxylic acids is 1. The molecule has 2 heterocycles. The van der Waals surface area contributed by atoms with Gasteiger partial charge in [0.2, 0.25) is 5.91 Å². The van der Waals surface area contributed by atoms with E-state index in [0.717, 1.165) is 64.6 Å². The van der Waals surface area contributed by atoms with E-state index in [2.05, 4.69) is 48.7 Å². The Morgan fingerprint density at radius 1 is 1.27 bits per heavy atom. The predicted molar refractivity (Wildman–Crippen MR) is 133 cm³/mol. The van der Waals surface area contributed by atoms with Crippen molar-refractivity contribution in [1.82, 2.24) is 15.5 Å². The van der Waals surface area contributed by atoms with Crippen LogP contribution in [0.2, 0.25) is 0 Å². The quantitative estimate of drug-likeness (QED) is 0.338. The Kier molecular flexibility index (Phi) is 9.87. The monoisotopic (exact) mass is 528 g/mol.